The third-order valence-electron chi connectivity index (χ3n) is 7.32. The van der Waals surface area contributed by atoms with E-state index in [4.69, 9.17) is 0 Å². The summed E-state index contributed by atoms with van der Waals surface area (Å²) in [5.41, 5.74) is 5.21. The molecule has 6 heteroatoms. The molecule has 0 N–H and O–H groups in total. The maximum atomic E-state index is 3.69. The molecule has 1 fully saturated rings. The maximum absolute atomic E-state index is 3.69. The highest BCUT2D eigenvalue weighted by molar-refractivity contribution is 9.11. The normalized spacial score (nSPS) is 18.4. The molecule has 34 heavy (non-hydrogen) atoms. The van der Waals surface area contributed by atoms with Crippen LogP contribution in [0.5, 0.6) is 0 Å². The lowest BCUT2D eigenvalue weighted by Crippen LogP contribution is -2.31. The van der Waals surface area contributed by atoms with Gasteiger partial charge in [0.05, 0.1) is 12.1 Å². The number of hydrogen-bond donors (Lipinski definition) is 0. The predicted molar refractivity (Wildman–Crippen MR) is 157 cm³/mol. The molecule has 168 valence electrons. The summed E-state index contributed by atoms with van der Waals surface area (Å²) in [6, 6.07) is 27.5. The molecule has 1 saturated carbocycles. The van der Waals surface area contributed by atoms with E-state index in [1.165, 1.54) is 56.5 Å². The van der Waals surface area contributed by atoms with Crippen molar-refractivity contribution in [2.75, 3.05) is 0 Å². The lowest BCUT2D eigenvalue weighted by atomic mass is 9.85. The molecule has 2 atom stereocenters. The highest BCUT2D eigenvalue weighted by Crippen LogP contribution is 2.50. The molecule has 6 aromatic rings. The Bertz CT molecular complexity index is 1530. The van der Waals surface area contributed by atoms with Crippen molar-refractivity contribution >= 4 is 107 Å². The molecule has 0 saturated heterocycles. The van der Waals surface area contributed by atoms with Gasteiger partial charge in [-0.05, 0) is 85.6 Å². The number of rotatable bonds is 2. The first-order chi connectivity index (χ1) is 16.5. The Morgan fingerprint density at radius 2 is 0.706 bits per heavy atom. The van der Waals surface area contributed by atoms with Crippen LogP contribution in [0.1, 0.15) is 24.9 Å². The third-order valence-corrected chi connectivity index (χ3v) is 9.29. The second-order valence-corrected chi connectivity index (χ2v) is 12.8. The largest absolute Gasteiger partial charge is 0.335 e. The lowest BCUT2D eigenvalue weighted by molar-refractivity contribution is 0.205. The fraction of sp³-hybridized carbons (Fsp3) is 0.143. The number of aromatic nitrogens is 2. The topological polar surface area (TPSA) is 9.86 Å². The summed E-state index contributed by atoms with van der Waals surface area (Å²) in [4.78, 5) is 0. The Hall–Kier alpha value is -1.60. The zero-order valence-electron chi connectivity index (χ0n) is 17.9. The van der Waals surface area contributed by atoms with Crippen molar-refractivity contribution < 1.29 is 0 Å². The van der Waals surface area contributed by atoms with Crippen molar-refractivity contribution in [1.29, 1.82) is 0 Å². The van der Waals surface area contributed by atoms with E-state index in [2.05, 4.69) is 146 Å². The average Bonchev–Trinajstić information content (AvgIpc) is 3.25. The monoisotopic (exact) mass is 698 g/mol. The highest BCUT2D eigenvalue weighted by Gasteiger charge is 2.37. The minimum Gasteiger partial charge on any atom is -0.335 e. The SMILES string of the molecule is Brc1ccc2c(c1)c1cc(Br)ccc1n2C1CCC1n1c2ccc(Br)cc2c2cc(Br)ccc21. The first kappa shape index (κ1) is 21.7. The standard InChI is InChI=1S/C28H18Br4N2/c29-15-1-5-23-19(11-15)20-12-16(30)2-6-24(20)33(23)27-9-10-28(27)34-25-7-3-17(31)13-21(25)22-14-18(32)4-8-26(22)34/h1-8,11-14,27-28H,9-10H2. The van der Waals surface area contributed by atoms with Crippen LogP contribution in [0.25, 0.3) is 43.6 Å². The second kappa shape index (κ2) is 7.95. The van der Waals surface area contributed by atoms with Crippen molar-refractivity contribution in [3.05, 3.63) is 90.7 Å². The van der Waals surface area contributed by atoms with Gasteiger partial charge in [-0.1, -0.05) is 63.7 Å². The smallest absolute Gasteiger partial charge is 0.0551 e. The van der Waals surface area contributed by atoms with Gasteiger partial charge >= 0.3 is 0 Å². The van der Waals surface area contributed by atoms with Gasteiger partial charge < -0.3 is 9.13 Å². The van der Waals surface area contributed by atoms with Crippen molar-refractivity contribution in [2.24, 2.45) is 0 Å². The highest BCUT2D eigenvalue weighted by atomic mass is 79.9. The molecular weight excluding hydrogens is 684 g/mol. The Labute approximate surface area is 230 Å². The van der Waals surface area contributed by atoms with Gasteiger partial charge in [0.15, 0.2) is 0 Å². The predicted octanol–water partition coefficient (Wildman–Crippen LogP) is 10.5. The first-order valence-electron chi connectivity index (χ1n) is 11.3. The molecule has 1 aliphatic rings. The molecule has 0 bridgehead atoms. The molecule has 4 aromatic carbocycles. The van der Waals surface area contributed by atoms with Gasteiger partial charge in [-0.3, -0.25) is 0 Å². The summed E-state index contributed by atoms with van der Waals surface area (Å²) in [5.74, 6) is 0. The number of fused-ring (bicyclic) bond motifs is 6. The van der Waals surface area contributed by atoms with Gasteiger partial charge in [0, 0.05) is 61.5 Å². The third kappa shape index (κ3) is 3.15. The molecule has 2 aromatic heterocycles. The van der Waals surface area contributed by atoms with Gasteiger partial charge in [0.1, 0.15) is 0 Å². The Balaban J connectivity index is 1.49. The van der Waals surface area contributed by atoms with Gasteiger partial charge in [-0.2, -0.15) is 0 Å². The number of halogens is 4. The Kier molecular flexibility index (Phi) is 5.07. The van der Waals surface area contributed by atoms with Crippen molar-refractivity contribution in [3.63, 3.8) is 0 Å². The molecule has 7 rings (SSSR count). The number of nitrogens with zero attached hydrogens (tertiary/aromatic N) is 2. The quantitative estimate of drug-likeness (QED) is 0.170. The number of benzene rings is 4. The van der Waals surface area contributed by atoms with E-state index >= 15 is 0 Å². The van der Waals surface area contributed by atoms with Crippen LogP contribution in [-0.2, 0) is 0 Å². The fourth-order valence-corrected chi connectivity index (χ4v) is 7.22. The van der Waals surface area contributed by atoms with Crippen molar-refractivity contribution in [1.82, 2.24) is 9.13 Å². The Morgan fingerprint density at radius 1 is 0.441 bits per heavy atom. The summed E-state index contributed by atoms with van der Waals surface area (Å²) in [6.45, 7) is 0. The van der Waals surface area contributed by atoms with Crippen LogP contribution in [0, 0.1) is 0 Å². The minimum absolute atomic E-state index is 0.397. The van der Waals surface area contributed by atoms with Crippen LogP contribution >= 0.6 is 63.7 Å². The lowest BCUT2D eigenvalue weighted by Gasteiger charge is -2.40. The molecule has 0 amide bonds. The van der Waals surface area contributed by atoms with Gasteiger partial charge in [0.25, 0.3) is 0 Å². The van der Waals surface area contributed by atoms with Crippen LogP contribution in [0.3, 0.4) is 0 Å². The second-order valence-electron chi connectivity index (χ2n) is 9.10. The summed E-state index contributed by atoms with van der Waals surface area (Å²) < 4.78 is 9.64. The minimum atomic E-state index is 0.397. The van der Waals surface area contributed by atoms with E-state index < -0.39 is 0 Å². The van der Waals surface area contributed by atoms with Crippen LogP contribution in [0.2, 0.25) is 0 Å². The van der Waals surface area contributed by atoms with E-state index in [1.54, 1.807) is 0 Å². The van der Waals surface area contributed by atoms with E-state index in [0.717, 1.165) is 17.9 Å². The zero-order chi connectivity index (χ0) is 23.1. The van der Waals surface area contributed by atoms with Crippen molar-refractivity contribution in [3.8, 4) is 0 Å². The molecule has 2 nitrogen and oxygen atoms in total. The molecule has 2 heterocycles. The van der Waals surface area contributed by atoms with Gasteiger partial charge in [-0.25, -0.2) is 0 Å². The number of hydrogen-bond acceptors (Lipinski definition) is 0. The van der Waals surface area contributed by atoms with Crippen LogP contribution in [0.15, 0.2) is 90.7 Å². The maximum Gasteiger partial charge on any atom is 0.0551 e. The van der Waals surface area contributed by atoms with E-state index in [9.17, 15) is 0 Å². The Morgan fingerprint density at radius 3 is 0.941 bits per heavy atom. The van der Waals surface area contributed by atoms with Crippen LogP contribution < -0.4 is 0 Å². The fourth-order valence-electron chi connectivity index (χ4n) is 5.78. The van der Waals surface area contributed by atoms with Crippen LogP contribution in [0.4, 0.5) is 0 Å². The molecule has 0 radical (unpaired) electrons. The zero-order valence-corrected chi connectivity index (χ0v) is 24.2. The van der Waals surface area contributed by atoms with Crippen LogP contribution in [-0.4, -0.2) is 9.13 Å². The van der Waals surface area contributed by atoms with Gasteiger partial charge in [-0.15, -0.1) is 0 Å². The van der Waals surface area contributed by atoms with Crippen molar-refractivity contribution in [2.45, 2.75) is 24.9 Å². The summed E-state index contributed by atoms with van der Waals surface area (Å²) in [7, 11) is 0. The molecular formula is C28H18Br4N2. The van der Waals surface area contributed by atoms with E-state index in [1.807, 2.05) is 0 Å². The molecule has 1 aliphatic carbocycles. The molecule has 0 spiro atoms. The summed E-state index contributed by atoms with van der Waals surface area (Å²) in [5, 5.41) is 5.19. The average molecular weight is 702 g/mol. The van der Waals surface area contributed by atoms with E-state index in [0.29, 0.717) is 12.1 Å². The molecule has 2 unspecified atom stereocenters. The van der Waals surface area contributed by atoms with E-state index in [-0.39, 0.29) is 0 Å². The summed E-state index contributed by atoms with van der Waals surface area (Å²) >= 11 is 14.8. The first-order valence-corrected chi connectivity index (χ1v) is 14.4. The van der Waals surface area contributed by atoms with Gasteiger partial charge in [0.2, 0.25) is 0 Å². The summed E-state index contributed by atoms with van der Waals surface area (Å²) in [6.07, 6.45) is 2.34. The molecule has 0 aliphatic heterocycles.